The molecule has 3 aromatic heterocycles. The third-order valence-corrected chi connectivity index (χ3v) is 4.87. The van der Waals surface area contributed by atoms with Gasteiger partial charge in [-0.25, -0.2) is 9.67 Å². The Hall–Kier alpha value is -2.21. The third kappa shape index (κ3) is 2.74. The fourth-order valence-corrected chi connectivity index (χ4v) is 3.40. The van der Waals surface area contributed by atoms with E-state index >= 15 is 0 Å². The summed E-state index contributed by atoms with van der Waals surface area (Å²) in [7, 11) is 0. The molecule has 112 valence electrons. The maximum absolute atomic E-state index is 4.52. The number of anilines is 1. The van der Waals surface area contributed by atoms with Gasteiger partial charge in [0.15, 0.2) is 0 Å². The lowest BCUT2D eigenvalue weighted by Gasteiger charge is -2.10. The van der Waals surface area contributed by atoms with Crippen molar-refractivity contribution in [2.24, 2.45) is 0 Å². The molecule has 3 aromatic rings. The van der Waals surface area contributed by atoms with Crippen LogP contribution in [0.3, 0.4) is 0 Å². The molecule has 0 spiro atoms. The van der Waals surface area contributed by atoms with Crippen molar-refractivity contribution in [3.05, 3.63) is 52.5 Å². The Kier molecular flexibility index (Phi) is 3.38. The van der Waals surface area contributed by atoms with Crippen LogP contribution in [0.25, 0.3) is 5.69 Å². The van der Waals surface area contributed by atoms with E-state index < -0.39 is 0 Å². The van der Waals surface area contributed by atoms with Crippen LogP contribution in [0.4, 0.5) is 5.69 Å². The van der Waals surface area contributed by atoms with Gasteiger partial charge in [-0.3, -0.25) is 4.98 Å². The van der Waals surface area contributed by atoms with Gasteiger partial charge in [-0.1, -0.05) is 0 Å². The van der Waals surface area contributed by atoms with Crippen molar-refractivity contribution < 1.29 is 0 Å². The van der Waals surface area contributed by atoms with Crippen molar-refractivity contribution >= 4 is 17.0 Å². The summed E-state index contributed by atoms with van der Waals surface area (Å²) in [5, 5.41) is 9.12. The summed E-state index contributed by atoms with van der Waals surface area (Å²) >= 11 is 1.81. The van der Waals surface area contributed by atoms with Crippen molar-refractivity contribution in [1.82, 2.24) is 19.7 Å². The SMILES string of the molecule is Cc1cnn(-c2ccncc2NCc2cnc(C3CC3)s2)c1. The lowest BCUT2D eigenvalue weighted by atomic mass is 10.3. The van der Waals surface area contributed by atoms with Crippen molar-refractivity contribution in [3.63, 3.8) is 0 Å². The molecule has 1 saturated carbocycles. The van der Waals surface area contributed by atoms with E-state index in [1.165, 1.54) is 22.7 Å². The Morgan fingerprint density at radius 1 is 1.32 bits per heavy atom. The van der Waals surface area contributed by atoms with Crippen LogP contribution in [0.1, 0.15) is 34.2 Å². The summed E-state index contributed by atoms with van der Waals surface area (Å²) in [6.07, 6.45) is 12.1. The molecule has 22 heavy (non-hydrogen) atoms. The number of nitrogens with zero attached hydrogens (tertiary/aromatic N) is 4. The monoisotopic (exact) mass is 311 g/mol. The van der Waals surface area contributed by atoms with Crippen molar-refractivity contribution in [2.45, 2.75) is 32.2 Å². The lowest BCUT2D eigenvalue weighted by molar-refractivity contribution is 0.876. The summed E-state index contributed by atoms with van der Waals surface area (Å²) in [4.78, 5) is 10.00. The fourth-order valence-electron chi connectivity index (χ4n) is 2.37. The number of aryl methyl sites for hydroxylation is 1. The number of pyridine rings is 1. The molecule has 1 aliphatic rings. The van der Waals surface area contributed by atoms with E-state index in [1.54, 1.807) is 6.20 Å². The van der Waals surface area contributed by atoms with Gasteiger partial charge in [0.25, 0.3) is 0 Å². The summed E-state index contributed by atoms with van der Waals surface area (Å²) < 4.78 is 1.88. The maximum atomic E-state index is 4.52. The predicted octanol–water partition coefficient (Wildman–Crippen LogP) is 3.52. The van der Waals surface area contributed by atoms with Crippen LogP contribution in [0.15, 0.2) is 37.1 Å². The summed E-state index contributed by atoms with van der Waals surface area (Å²) in [5.41, 5.74) is 3.13. The first-order chi connectivity index (χ1) is 10.8. The molecule has 5 nitrogen and oxygen atoms in total. The topological polar surface area (TPSA) is 55.6 Å². The smallest absolute Gasteiger partial charge is 0.0959 e. The van der Waals surface area contributed by atoms with Gasteiger partial charge in [0.05, 0.1) is 35.3 Å². The number of hydrogen-bond acceptors (Lipinski definition) is 5. The van der Waals surface area contributed by atoms with Crippen LogP contribution in [0.2, 0.25) is 0 Å². The predicted molar refractivity (Wildman–Crippen MR) is 87.5 cm³/mol. The number of thiazole rings is 1. The zero-order valence-corrected chi connectivity index (χ0v) is 13.2. The Morgan fingerprint density at radius 3 is 3.00 bits per heavy atom. The van der Waals surface area contributed by atoms with Gasteiger partial charge in [-0.15, -0.1) is 11.3 Å². The standard InChI is InChI=1S/C16H17N5S/c1-11-6-20-21(10-11)15-4-5-17-9-14(15)18-7-13-8-19-16(22-13)12-2-3-12/h4-6,8-10,12,18H,2-3,7H2,1H3. The first kappa shape index (κ1) is 13.5. The summed E-state index contributed by atoms with van der Waals surface area (Å²) in [6.45, 7) is 2.80. The van der Waals surface area contributed by atoms with Crippen molar-refractivity contribution in [2.75, 3.05) is 5.32 Å². The average Bonchev–Trinajstić information content (AvgIpc) is 3.12. The Morgan fingerprint density at radius 2 is 2.23 bits per heavy atom. The van der Waals surface area contributed by atoms with Crippen molar-refractivity contribution in [3.8, 4) is 5.69 Å². The first-order valence-electron chi connectivity index (χ1n) is 7.44. The van der Waals surface area contributed by atoms with Crippen LogP contribution in [0.5, 0.6) is 0 Å². The van der Waals surface area contributed by atoms with E-state index in [2.05, 4.69) is 20.4 Å². The van der Waals surface area contributed by atoms with Gasteiger partial charge in [-0.05, 0) is 31.4 Å². The molecule has 0 aliphatic heterocycles. The normalized spacial score (nSPS) is 14.2. The van der Waals surface area contributed by atoms with Gasteiger partial charge in [0.2, 0.25) is 0 Å². The highest BCUT2D eigenvalue weighted by Gasteiger charge is 2.26. The second-order valence-electron chi connectivity index (χ2n) is 5.65. The Labute approximate surface area is 133 Å². The van der Waals surface area contributed by atoms with E-state index in [9.17, 15) is 0 Å². The molecule has 4 rings (SSSR count). The molecule has 0 radical (unpaired) electrons. The zero-order chi connectivity index (χ0) is 14.9. The van der Waals surface area contributed by atoms with Crippen LogP contribution >= 0.6 is 11.3 Å². The lowest BCUT2D eigenvalue weighted by Crippen LogP contribution is -2.04. The van der Waals surface area contributed by atoms with Crippen LogP contribution in [-0.4, -0.2) is 19.7 Å². The quantitative estimate of drug-likeness (QED) is 0.783. The number of hydrogen-bond donors (Lipinski definition) is 1. The second-order valence-corrected chi connectivity index (χ2v) is 6.79. The molecule has 1 fully saturated rings. The molecular formula is C16H17N5S. The minimum Gasteiger partial charge on any atom is -0.377 e. The molecule has 1 N–H and O–H groups in total. The zero-order valence-electron chi connectivity index (χ0n) is 12.4. The fraction of sp³-hybridized carbons (Fsp3) is 0.312. The number of aromatic nitrogens is 4. The molecule has 0 bridgehead atoms. The summed E-state index contributed by atoms with van der Waals surface area (Å²) in [5.74, 6) is 0.722. The van der Waals surface area contributed by atoms with Gasteiger partial charge in [0.1, 0.15) is 0 Å². The van der Waals surface area contributed by atoms with E-state index in [0.717, 1.165) is 29.4 Å². The number of nitrogens with one attached hydrogen (secondary N) is 1. The number of rotatable bonds is 5. The average molecular weight is 311 g/mol. The van der Waals surface area contributed by atoms with E-state index in [1.807, 2.05) is 53.8 Å². The van der Waals surface area contributed by atoms with Gasteiger partial charge < -0.3 is 5.32 Å². The second kappa shape index (κ2) is 5.53. The van der Waals surface area contributed by atoms with Crippen molar-refractivity contribution in [1.29, 1.82) is 0 Å². The minimum absolute atomic E-state index is 0.722. The molecular weight excluding hydrogens is 294 g/mol. The molecule has 6 heteroatoms. The van der Waals surface area contributed by atoms with Crippen LogP contribution in [-0.2, 0) is 6.54 Å². The molecule has 1 aliphatic carbocycles. The van der Waals surface area contributed by atoms with Crippen LogP contribution < -0.4 is 5.32 Å². The first-order valence-corrected chi connectivity index (χ1v) is 8.25. The Balaban J connectivity index is 1.52. The third-order valence-electron chi connectivity index (χ3n) is 3.71. The largest absolute Gasteiger partial charge is 0.377 e. The highest BCUT2D eigenvalue weighted by molar-refractivity contribution is 7.11. The van der Waals surface area contributed by atoms with E-state index in [-0.39, 0.29) is 0 Å². The van der Waals surface area contributed by atoms with Gasteiger partial charge >= 0.3 is 0 Å². The molecule has 3 heterocycles. The molecule has 0 aromatic carbocycles. The molecule has 0 saturated heterocycles. The molecule has 0 unspecified atom stereocenters. The Bertz CT molecular complexity index is 787. The van der Waals surface area contributed by atoms with E-state index in [4.69, 9.17) is 0 Å². The minimum atomic E-state index is 0.722. The highest BCUT2D eigenvalue weighted by atomic mass is 32.1. The van der Waals surface area contributed by atoms with Gasteiger partial charge in [0, 0.05) is 29.4 Å². The summed E-state index contributed by atoms with van der Waals surface area (Å²) in [6, 6.07) is 1.97. The molecule has 0 amide bonds. The molecule has 0 atom stereocenters. The maximum Gasteiger partial charge on any atom is 0.0959 e. The van der Waals surface area contributed by atoms with Gasteiger partial charge in [-0.2, -0.15) is 5.10 Å². The van der Waals surface area contributed by atoms with Crippen LogP contribution in [0, 0.1) is 6.92 Å². The van der Waals surface area contributed by atoms with E-state index in [0.29, 0.717) is 0 Å². The highest BCUT2D eigenvalue weighted by Crippen LogP contribution is 2.41.